The number of benzene rings is 2. The van der Waals surface area contributed by atoms with Gasteiger partial charge in [-0.2, -0.15) is 0 Å². The van der Waals surface area contributed by atoms with Crippen LogP contribution in [0.2, 0.25) is 0 Å². The molecule has 3 unspecified atom stereocenters. The summed E-state index contributed by atoms with van der Waals surface area (Å²) in [7, 11) is 0. The van der Waals surface area contributed by atoms with Gasteiger partial charge in [-0.3, -0.25) is 14.4 Å². The van der Waals surface area contributed by atoms with E-state index < -0.39 is 35.7 Å². The van der Waals surface area contributed by atoms with E-state index in [4.69, 9.17) is 14.2 Å². The molecule has 1 N–H and O–H groups in total. The first-order valence-corrected chi connectivity index (χ1v) is 14.7. The van der Waals surface area contributed by atoms with E-state index in [1.807, 2.05) is 36.4 Å². The Balaban J connectivity index is 1.46. The number of hydrogen-bond donors (Lipinski definition) is 1. The Morgan fingerprint density at radius 1 is 0.810 bits per heavy atom. The topological polar surface area (TPSA) is 130 Å². The molecular formula is C32H43N3O7. The third kappa shape index (κ3) is 9.29. The zero-order valence-electron chi connectivity index (χ0n) is 25.4. The maximum absolute atomic E-state index is 12.7. The Bertz CT molecular complexity index is 1320. The van der Waals surface area contributed by atoms with Crippen molar-refractivity contribution in [3.8, 4) is 11.4 Å². The molecule has 228 valence electrons. The summed E-state index contributed by atoms with van der Waals surface area (Å²) in [5.41, 5.74) is 3.06. The number of ether oxygens (including phenoxy) is 3. The van der Waals surface area contributed by atoms with Crippen LogP contribution in [0.25, 0.3) is 16.7 Å². The van der Waals surface area contributed by atoms with Gasteiger partial charge in [0.25, 0.3) is 0 Å². The lowest BCUT2D eigenvalue weighted by Gasteiger charge is -2.25. The molecule has 0 saturated heterocycles. The summed E-state index contributed by atoms with van der Waals surface area (Å²) in [6.45, 7) is 10.5. The van der Waals surface area contributed by atoms with E-state index in [-0.39, 0.29) is 31.0 Å². The van der Waals surface area contributed by atoms with Gasteiger partial charge in [0, 0.05) is 0 Å². The molecule has 0 aliphatic rings. The third-order valence-electron chi connectivity index (χ3n) is 6.89. The number of fused-ring (bicyclic) bond motifs is 1. The molecule has 0 aliphatic heterocycles. The number of unbranched alkanes of at least 4 members (excludes halogenated alkanes) is 2. The van der Waals surface area contributed by atoms with Crippen molar-refractivity contribution in [1.82, 2.24) is 15.0 Å². The Morgan fingerprint density at radius 3 is 2.05 bits per heavy atom. The van der Waals surface area contributed by atoms with Crippen molar-refractivity contribution in [2.24, 2.45) is 17.8 Å². The lowest BCUT2D eigenvalue weighted by molar-refractivity contribution is -0.166. The van der Waals surface area contributed by atoms with Gasteiger partial charge in [0.15, 0.2) is 0 Å². The number of aryl methyl sites for hydroxylation is 1. The molecule has 0 radical (unpaired) electrons. The van der Waals surface area contributed by atoms with Crippen LogP contribution in [0.15, 0.2) is 42.5 Å². The SMILES string of the molecule is CC(C)OC(=O)C(C)C(CC(C)C(=O)OCCCCCc1ccc(O)c(-n2nc3ccccc3n2)c1)C(=O)OC(C)C. The number of carbonyl (C=O) groups is 3. The van der Waals surface area contributed by atoms with Crippen LogP contribution in [0.1, 0.15) is 72.8 Å². The summed E-state index contributed by atoms with van der Waals surface area (Å²) >= 11 is 0. The highest BCUT2D eigenvalue weighted by molar-refractivity contribution is 5.83. The highest BCUT2D eigenvalue weighted by Crippen LogP contribution is 2.26. The van der Waals surface area contributed by atoms with Gasteiger partial charge in [0.1, 0.15) is 22.5 Å². The molecule has 3 atom stereocenters. The zero-order valence-corrected chi connectivity index (χ0v) is 25.4. The monoisotopic (exact) mass is 581 g/mol. The Kier molecular flexibility index (Phi) is 11.9. The first kappa shape index (κ1) is 32.6. The highest BCUT2D eigenvalue weighted by atomic mass is 16.6. The van der Waals surface area contributed by atoms with Crippen LogP contribution in [-0.4, -0.2) is 56.8 Å². The number of esters is 3. The van der Waals surface area contributed by atoms with Crippen LogP contribution in [0.3, 0.4) is 0 Å². The van der Waals surface area contributed by atoms with Crippen molar-refractivity contribution in [2.45, 2.75) is 85.9 Å². The lowest BCUT2D eigenvalue weighted by Crippen LogP contribution is -2.35. The van der Waals surface area contributed by atoms with E-state index >= 15 is 0 Å². The molecule has 0 fully saturated rings. The second-order valence-corrected chi connectivity index (χ2v) is 11.3. The molecule has 1 aromatic heterocycles. The van der Waals surface area contributed by atoms with E-state index in [0.29, 0.717) is 12.1 Å². The number of rotatable bonds is 15. The van der Waals surface area contributed by atoms with E-state index in [1.54, 1.807) is 47.6 Å². The average molecular weight is 582 g/mol. The predicted octanol–water partition coefficient (Wildman–Crippen LogP) is 5.56. The Morgan fingerprint density at radius 2 is 1.43 bits per heavy atom. The molecule has 3 aromatic rings. The standard InChI is InChI=1S/C32H43N3O7/c1-20(2)41-31(38)23(6)25(32(39)42-21(3)4)18-22(5)30(37)40-17-11-7-8-12-24-15-16-29(36)28(19-24)35-33-26-13-9-10-14-27(26)34-35/h9-10,13-16,19-23,25,36H,7-8,11-12,17-18H2,1-6H3. The van der Waals surface area contributed by atoms with Gasteiger partial charge in [-0.25, -0.2) is 0 Å². The molecule has 0 aliphatic carbocycles. The highest BCUT2D eigenvalue weighted by Gasteiger charge is 2.36. The van der Waals surface area contributed by atoms with Crippen molar-refractivity contribution in [3.05, 3.63) is 48.0 Å². The molecule has 10 nitrogen and oxygen atoms in total. The van der Waals surface area contributed by atoms with Gasteiger partial charge in [-0.05, 0) is 89.6 Å². The predicted molar refractivity (Wildman–Crippen MR) is 158 cm³/mol. The molecule has 0 amide bonds. The lowest BCUT2D eigenvalue weighted by atomic mass is 9.85. The molecule has 42 heavy (non-hydrogen) atoms. The first-order valence-electron chi connectivity index (χ1n) is 14.7. The summed E-state index contributed by atoms with van der Waals surface area (Å²) < 4.78 is 16.1. The molecule has 10 heteroatoms. The maximum atomic E-state index is 12.7. The number of aromatic nitrogens is 3. The second kappa shape index (κ2) is 15.3. The van der Waals surface area contributed by atoms with Gasteiger partial charge >= 0.3 is 17.9 Å². The molecule has 0 spiro atoms. The minimum absolute atomic E-state index is 0.103. The summed E-state index contributed by atoms with van der Waals surface area (Å²) in [4.78, 5) is 39.4. The van der Waals surface area contributed by atoms with Gasteiger partial charge in [-0.15, -0.1) is 15.0 Å². The van der Waals surface area contributed by atoms with Crippen LogP contribution in [0.4, 0.5) is 0 Å². The molecular weight excluding hydrogens is 538 g/mol. The number of nitrogens with zero attached hydrogens (tertiary/aromatic N) is 3. The molecule has 3 rings (SSSR count). The van der Waals surface area contributed by atoms with Gasteiger partial charge in [-0.1, -0.05) is 32.0 Å². The molecule has 0 bridgehead atoms. The van der Waals surface area contributed by atoms with Crippen molar-refractivity contribution in [2.75, 3.05) is 6.61 Å². The van der Waals surface area contributed by atoms with Crippen molar-refractivity contribution < 1.29 is 33.7 Å². The second-order valence-electron chi connectivity index (χ2n) is 11.3. The quantitative estimate of drug-likeness (QED) is 0.139. The van der Waals surface area contributed by atoms with Crippen LogP contribution in [0.5, 0.6) is 5.75 Å². The van der Waals surface area contributed by atoms with Crippen LogP contribution < -0.4 is 0 Å². The van der Waals surface area contributed by atoms with Crippen molar-refractivity contribution in [3.63, 3.8) is 0 Å². The van der Waals surface area contributed by atoms with E-state index in [9.17, 15) is 19.5 Å². The third-order valence-corrected chi connectivity index (χ3v) is 6.89. The normalized spacial score (nSPS) is 13.6. The van der Waals surface area contributed by atoms with Crippen molar-refractivity contribution >= 4 is 28.9 Å². The van der Waals surface area contributed by atoms with Crippen LogP contribution >= 0.6 is 0 Å². The fourth-order valence-corrected chi connectivity index (χ4v) is 4.58. The number of aromatic hydroxyl groups is 1. The van der Waals surface area contributed by atoms with E-state index in [0.717, 1.165) is 35.9 Å². The maximum Gasteiger partial charge on any atom is 0.310 e. The summed E-state index contributed by atoms with van der Waals surface area (Å²) in [5.74, 6) is -3.48. The molecule has 0 saturated carbocycles. The summed E-state index contributed by atoms with van der Waals surface area (Å²) in [5, 5.41) is 19.3. The van der Waals surface area contributed by atoms with E-state index in [1.165, 1.54) is 4.80 Å². The average Bonchev–Trinajstić information content (AvgIpc) is 3.37. The minimum atomic E-state index is -0.813. The fourth-order valence-electron chi connectivity index (χ4n) is 4.58. The molecule has 2 aromatic carbocycles. The number of phenols is 1. The zero-order chi connectivity index (χ0) is 30.8. The summed E-state index contributed by atoms with van der Waals surface area (Å²) in [6, 6.07) is 12.9. The van der Waals surface area contributed by atoms with E-state index in [2.05, 4.69) is 10.2 Å². The van der Waals surface area contributed by atoms with Gasteiger partial charge in [0.2, 0.25) is 0 Å². The first-order chi connectivity index (χ1) is 20.0. The number of phenolic OH excluding ortho intramolecular Hbond substituents is 1. The minimum Gasteiger partial charge on any atom is -0.506 e. The van der Waals surface area contributed by atoms with Crippen molar-refractivity contribution in [1.29, 1.82) is 0 Å². The fraction of sp³-hybridized carbons (Fsp3) is 0.531. The molecule has 1 heterocycles. The largest absolute Gasteiger partial charge is 0.506 e. The van der Waals surface area contributed by atoms with Gasteiger partial charge in [0.05, 0.1) is 36.6 Å². The van der Waals surface area contributed by atoms with Crippen LogP contribution in [0, 0.1) is 17.8 Å². The van der Waals surface area contributed by atoms with Gasteiger partial charge < -0.3 is 19.3 Å². The van der Waals surface area contributed by atoms with Crippen LogP contribution in [-0.2, 0) is 35.0 Å². The summed E-state index contributed by atoms with van der Waals surface area (Å²) in [6.07, 6.45) is 2.64. The smallest absolute Gasteiger partial charge is 0.310 e. The Labute approximate surface area is 247 Å². The Hall–Kier alpha value is -3.95. The number of carbonyl (C=O) groups excluding carboxylic acids is 3. The number of hydrogen-bond acceptors (Lipinski definition) is 9.